The third-order valence-electron chi connectivity index (χ3n) is 7.83. The second kappa shape index (κ2) is 10.7. The van der Waals surface area contributed by atoms with E-state index in [0.29, 0.717) is 23.3 Å². The quantitative estimate of drug-likeness (QED) is 0.600. The summed E-state index contributed by atoms with van der Waals surface area (Å²) in [5.74, 6) is -0.502. The molecule has 1 saturated heterocycles. The predicted octanol–water partition coefficient (Wildman–Crippen LogP) is 4.55. The summed E-state index contributed by atoms with van der Waals surface area (Å²) < 4.78 is 11.0. The SMILES string of the molecule is COc1ccccc1[C@]1(O)C[C@@H](C#N)C[C@H]2C(C)N(C(=O)[C@@H](NC(=O)OC(C)(C)C)c3ccccc3)C[C@H]21. The third-order valence-corrected chi connectivity index (χ3v) is 7.83. The van der Waals surface area contributed by atoms with Crippen molar-refractivity contribution in [2.45, 2.75) is 63.8 Å². The van der Waals surface area contributed by atoms with Gasteiger partial charge < -0.3 is 24.8 Å². The van der Waals surface area contributed by atoms with Crippen LogP contribution in [0.25, 0.3) is 0 Å². The molecular formula is C30H37N3O5. The Bertz CT molecular complexity index is 1200. The highest BCUT2D eigenvalue weighted by molar-refractivity contribution is 5.87. The lowest BCUT2D eigenvalue weighted by atomic mass is 9.63. The molecule has 0 bridgehead atoms. The number of amides is 2. The van der Waals surface area contributed by atoms with Crippen molar-refractivity contribution >= 4 is 12.0 Å². The number of aliphatic hydroxyl groups is 1. The van der Waals surface area contributed by atoms with Gasteiger partial charge in [-0.1, -0.05) is 48.5 Å². The molecule has 6 atom stereocenters. The molecule has 0 radical (unpaired) electrons. The minimum absolute atomic E-state index is 0.106. The molecule has 0 aromatic heterocycles. The molecule has 2 aliphatic rings. The molecule has 1 saturated carbocycles. The highest BCUT2D eigenvalue weighted by Crippen LogP contribution is 2.54. The largest absolute Gasteiger partial charge is 0.496 e. The zero-order chi connectivity index (χ0) is 27.7. The van der Waals surface area contributed by atoms with Gasteiger partial charge in [0.25, 0.3) is 0 Å². The summed E-state index contributed by atoms with van der Waals surface area (Å²) in [7, 11) is 1.56. The van der Waals surface area contributed by atoms with E-state index in [1.165, 1.54) is 0 Å². The smallest absolute Gasteiger partial charge is 0.408 e. The van der Waals surface area contributed by atoms with Crippen molar-refractivity contribution in [3.8, 4) is 11.8 Å². The zero-order valence-electron chi connectivity index (χ0n) is 22.7. The molecule has 2 amide bonds. The molecule has 38 heavy (non-hydrogen) atoms. The summed E-state index contributed by atoms with van der Waals surface area (Å²) >= 11 is 0. The first-order chi connectivity index (χ1) is 18.0. The summed E-state index contributed by atoms with van der Waals surface area (Å²) in [6, 6.07) is 17.5. The van der Waals surface area contributed by atoms with Crippen LogP contribution in [0.1, 0.15) is 57.7 Å². The summed E-state index contributed by atoms with van der Waals surface area (Å²) in [5, 5.41) is 24.9. The summed E-state index contributed by atoms with van der Waals surface area (Å²) in [5.41, 5.74) is -0.798. The van der Waals surface area contributed by atoms with Crippen molar-refractivity contribution in [3.05, 3.63) is 65.7 Å². The number of methoxy groups -OCH3 is 1. The Kier molecular flexibility index (Phi) is 7.70. The van der Waals surface area contributed by atoms with E-state index in [0.717, 1.165) is 0 Å². The third kappa shape index (κ3) is 5.34. The van der Waals surface area contributed by atoms with Crippen LogP contribution >= 0.6 is 0 Å². The maximum atomic E-state index is 14.1. The van der Waals surface area contributed by atoms with E-state index in [2.05, 4.69) is 11.4 Å². The average Bonchev–Trinajstić information content (AvgIpc) is 3.23. The number of alkyl carbamates (subject to hydrolysis) is 1. The molecule has 0 spiro atoms. The molecular weight excluding hydrogens is 482 g/mol. The number of ether oxygens (including phenoxy) is 2. The van der Waals surface area contributed by atoms with Crippen LogP contribution in [0.2, 0.25) is 0 Å². The number of hydrogen-bond donors (Lipinski definition) is 2. The van der Waals surface area contributed by atoms with Crippen LogP contribution < -0.4 is 10.1 Å². The van der Waals surface area contributed by atoms with Crippen molar-refractivity contribution in [1.82, 2.24) is 10.2 Å². The molecule has 2 aromatic carbocycles. The van der Waals surface area contributed by atoms with E-state index < -0.39 is 23.3 Å². The van der Waals surface area contributed by atoms with E-state index in [9.17, 15) is 20.0 Å². The van der Waals surface area contributed by atoms with Gasteiger partial charge in [-0.05, 0) is 58.1 Å². The second-order valence-electron chi connectivity index (χ2n) is 11.4. The van der Waals surface area contributed by atoms with E-state index in [-0.39, 0.29) is 42.7 Å². The highest BCUT2D eigenvalue weighted by Gasteiger charge is 2.57. The van der Waals surface area contributed by atoms with Crippen LogP contribution in [0.5, 0.6) is 5.75 Å². The molecule has 8 nitrogen and oxygen atoms in total. The van der Waals surface area contributed by atoms with E-state index >= 15 is 0 Å². The number of carbonyl (C=O) groups excluding carboxylic acids is 2. The molecule has 202 valence electrons. The minimum atomic E-state index is -1.35. The number of nitriles is 1. The normalized spacial score (nSPS) is 27.6. The summed E-state index contributed by atoms with van der Waals surface area (Å²) in [6.07, 6.45) is 0.163. The lowest BCUT2D eigenvalue weighted by Gasteiger charge is -2.44. The van der Waals surface area contributed by atoms with Crippen molar-refractivity contribution in [2.24, 2.45) is 17.8 Å². The number of likely N-dealkylation sites (tertiary alicyclic amines) is 1. The average molecular weight is 520 g/mol. The number of carbonyl (C=O) groups is 2. The van der Waals surface area contributed by atoms with Gasteiger partial charge in [-0.3, -0.25) is 4.79 Å². The standard InChI is InChI=1S/C30H37N3O5/c1-19-22-15-20(17-31)16-30(36,23-13-9-10-14-25(23)37-5)24(22)18-33(19)27(34)26(21-11-7-6-8-12-21)32-28(35)38-29(2,3)4/h6-14,19-20,22,24,26,36H,15-16,18H2,1-5H3,(H,32,35)/t19?,20-,22-,24+,26-,30+/m0/s1. The molecule has 2 aromatic rings. The Labute approximate surface area is 224 Å². The van der Waals surface area contributed by atoms with Gasteiger partial charge in [0.15, 0.2) is 0 Å². The van der Waals surface area contributed by atoms with Crippen LogP contribution in [0.4, 0.5) is 4.79 Å². The first-order valence-corrected chi connectivity index (χ1v) is 13.1. The fourth-order valence-corrected chi connectivity index (χ4v) is 6.11. The summed E-state index contributed by atoms with van der Waals surface area (Å²) in [6.45, 7) is 7.55. The zero-order valence-corrected chi connectivity index (χ0v) is 22.7. The summed E-state index contributed by atoms with van der Waals surface area (Å²) in [4.78, 5) is 28.6. The van der Waals surface area contributed by atoms with E-state index in [1.54, 1.807) is 51.0 Å². The Morgan fingerprint density at radius 1 is 1.16 bits per heavy atom. The van der Waals surface area contributed by atoms with Gasteiger partial charge in [-0.15, -0.1) is 0 Å². The van der Waals surface area contributed by atoms with Gasteiger partial charge in [0, 0.05) is 30.0 Å². The lowest BCUT2D eigenvalue weighted by molar-refractivity contribution is -0.134. The minimum Gasteiger partial charge on any atom is -0.496 e. The maximum absolute atomic E-state index is 14.1. The fraction of sp³-hybridized carbons (Fsp3) is 0.500. The van der Waals surface area contributed by atoms with Crippen molar-refractivity contribution < 1.29 is 24.2 Å². The molecule has 2 fully saturated rings. The van der Waals surface area contributed by atoms with Gasteiger partial charge in [0.1, 0.15) is 17.4 Å². The van der Waals surface area contributed by atoms with Crippen molar-refractivity contribution in [3.63, 3.8) is 0 Å². The van der Waals surface area contributed by atoms with Crippen molar-refractivity contribution in [2.75, 3.05) is 13.7 Å². The van der Waals surface area contributed by atoms with Gasteiger partial charge >= 0.3 is 6.09 Å². The Morgan fingerprint density at radius 2 is 1.82 bits per heavy atom. The lowest BCUT2D eigenvalue weighted by Crippen LogP contribution is -2.46. The van der Waals surface area contributed by atoms with Gasteiger partial charge in [-0.2, -0.15) is 5.26 Å². The number of nitrogens with one attached hydrogen (secondary N) is 1. The van der Waals surface area contributed by atoms with Crippen LogP contribution in [-0.4, -0.2) is 47.3 Å². The molecule has 4 rings (SSSR count). The molecule has 1 heterocycles. The van der Waals surface area contributed by atoms with E-state index in [4.69, 9.17) is 9.47 Å². The van der Waals surface area contributed by atoms with Gasteiger partial charge in [-0.25, -0.2) is 4.79 Å². The molecule has 1 unspecified atom stereocenters. The van der Waals surface area contributed by atoms with Gasteiger partial charge in [0.2, 0.25) is 5.91 Å². The molecule has 2 N–H and O–H groups in total. The van der Waals surface area contributed by atoms with E-state index in [1.807, 2.05) is 43.3 Å². The van der Waals surface area contributed by atoms with Crippen LogP contribution in [-0.2, 0) is 15.1 Å². The van der Waals surface area contributed by atoms with Crippen molar-refractivity contribution in [1.29, 1.82) is 5.26 Å². The molecule has 1 aliphatic heterocycles. The van der Waals surface area contributed by atoms with Crippen LogP contribution in [0.3, 0.4) is 0 Å². The highest BCUT2D eigenvalue weighted by atomic mass is 16.6. The fourth-order valence-electron chi connectivity index (χ4n) is 6.11. The molecule has 1 aliphatic carbocycles. The topological polar surface area (TPSA) is 112 Å². The Hall–Kier alpha value is -3.57. The Balaban J connectivity index is 1.69. The number of hydrogen-bond acceptors (Lipinski definition) is 6. The first kappa shape index (κ1) is 27.5. The number of benzene rings is 2. The maximum Gasteiger partial charge on any atom is 0.408 e. The molecule has 8 heteroatoms. The number of fused-ring (bicyclic) bond motifs is 1. The second-order valence-corrected chi connectivity index (χ2v) is 11.4. The number of nitrogens with zero attached hydrogens (tertiary/aromatic N) is 2. The Morgan fingerprint density at radius 3 is 2.45 bits per heavy atom. The van der Waals surface area contributed by atoms with Gasteiger partial charge in [0.05, 0.1) is 18.8 Å². The van der Waals surface area contributed by atoms with Crippen LogP contribution in [0.15, 0.2) is 54.6 Å². The number of rotatable bonds is 5. The number of para-hydroxylation sites is 1. The first-order valence-electron chi connectivity index (χ1n) is 13.1. The monoisotopic (exact) mass is 519 g/mol. The predicted molar refractivity (Wildman–Crippen MR) is 142 cm³/mol. The van der Waals surface area contributed by atoms with Crippen LogP contribution in [0, 0.1) is 29.1 Å².